The number of carbonyl (C=O) groups excluding carboxylic acids is 2. The number of benzene rings is 2. The van der Waals surface area contributed by atoms with E-state index in [1.165, 1.54) is 0 Å². The topological polar surface area (TPSA) is 76.0 Å². The Morgan fingerprint density at radius 3 is 2.35 bits per heavy atom. The van der Waals surface area contributed by atoms with Gasteiger partial charge in [-0.25, -0.2) is 4.98 Å². The molecule has 3 aromatic rings. The first kappa shape index (κ1) is 17.4. The molecule has 0 bridgehead atoms. The van der Waals surface area contributed by atoms with Crippen molar-refractivity contribution in [1.82, 2.24) is 20.2 Å². The molecular formula is C20H20N4O2. The van der Waals surface area contributed by atoms with Gasteiger partial charge in [-0.3, -0.25) is 9.59 Å². The van der Waals surface area contributed by atoms with Crippen LogP contribution in [-0.4, -0.2) is 28.4 Å². The Morgan fingerprint density at radius 2 is 1.69 bits per heavy atom. The minimum atomic E-state index is -0.739. The molecule has 26 heavy (non-hydrogen) atoms. The van der Waals surface area contributed by atoms with E-state index in [1.54, 1.807) is 24.0 Å². The van der Waals surface area contributed by atoms with Crippen LogP contribution in [0.25, 0.3) is 11.4 Å². The van der Waals surface area contributed by atoms with Crippen molar-refractivity contribution in [3.05, 3.63) is 78.6 Å². The fourth-order valence-corrected chi connectivity index (χ4v) is 2.74. The van der Waals surface area contributed by atoms with Crippen molar-refractivity contribution in [3.8, 4) is 11.4 Å². The highest BCUT2D eigenvalue weighted by Crippen LogP contribution is 2.17. The Balaban J connectivity index is 1.76. The Bertz CT molecular complexity index is 875. The predicted molar refractivity (Wildman–Crippen MR) is 99.1 cm³/mol. The van der Waals surface area contributed by atoms with Crippen LogP contribution < -0.4 is 10.6 Å². The number of imidazole rings is 1. The molecule has 6 heteroatoms. The van der Waals surface area contributed by atoms with Crippen LogP contribution in [0.1, 0.15) is 11.6 Å². The molecule has 0 spiro atoms. The van der Waals surface area contributed by atoms with Gasteiger partial charge in [-0.15, -0.1) is 0 Å². The predicted octanol–water partition coefficient (Wildman–Crippen LogP) is 2.15. The number of rotatable bonds is 6. The van der Waals surface area contributed by atoms with Gasteiger partial charge in [0.2, 0.25) is 11.8 Å². The zero-order valence-corrected chi connectivity index (χ0v) is 14.4. The maximum absolute atomic E-state index is 12.6. The standard InChI is InChI=1S/C20H20N4O2/c1-21-20(26)18(15-8-4-2-5-9-15)23-17(25)14-24-13-12-22-19(24)16-10-6-3-7-11-16/h2-13,18H,14H2,1H3,(H,21,26)(H,23,25). The van der Waals surface area contributed by atoms with Crippen molar-refractivity contribution in [2.24, 2.45) is 0 Å². The Hall–Kier alpha value is -3.41. The smallest absolute Gasteiger partial charge is 0.246 e. The normalized spacial score (nSPS) is 11.6. The molecule has 0 fully saturated rings. The fourth-order valence-electron chi connectivity index (χ4n) is 2.74. The van der Waals surface area contributed by atoms with Gasteiger partial charge in [-0.2, -0.15) is 0 Å². The van der Waals surface area contributed by atoms with Gasteiger partial charge in [-0.05, 0) is 5.56 Å². The molecule has 6 nitrogen and oxygen atoms in total. The van der Waals surface area contributed by atoms with Crippen molar-refractivity contribution >= 4 is 11.8 Å². The van der Waals surface area contributed by atoms with E-state index in [0.717, 1.165) is 11.1 Å². The number of amides is 2. The second kappa shape index (κ2) is 8.11. The number of nitrogens with zero attached hydrogens (tertiary/aromatic N) is 2. The highest BCUT2D eigenvalue weighted by Gasteiger charge is 2.22. The number of hydrogen-bond donors (Lipinski definition) is 2. The van der Waals surface area contributed by atoms with E-state index < -0.39 is 6.04 Å². The lowest BCUT2D eigenvalue weighted by Gasteiger charge is -2.18. The van der Waals surface area contributed by atoms with E-state index in [9.17, 15) is 9.59 Å². The zero-order chi connectivity index (χ0) is 18.4. The summed E-state index contributed by atoms with van der Waals surface area (Å²) in [5, 5.41) is 5.39. The Labute approximate surface area is 151 Å². The summed E-state index contributed by atoms with van der Waals surface area (Å²) in [7, 11) is 1.55. The van der Waals surface area contributed by atoms with E-state index in [4.69, 9.17) is 0 Å². The lowest BCUT2D eigenvalue weighted by Crippen LogP contribution is -2.40. The summed E-state index contributed by atoms with van der Waals surface area (Å²) in [6.45, 7) is 0.0740. The van der Waals surface area contributed by atoms with E-state index in [1.807, 2.05) is 60.7 Å². The van der Waals surface area contributed by atoms with E-state index >= 15 is 0 Å². The molecule has 1 aromatic heterocycles. The molecular weight excluding hydrogens is 328 g/mol. The van der Waals surface area contributed by atoms with Gasteiger partial charge < -0.3 is 15.2 Å². The molecule has 2 N–H and O–H groups in total. The number of aromatic nitrogens is 2. The summed E-state index contributed by atoms with van der Waals surface area (Å²) in [6, 6.07) is 18.1. The second-order valence-electron chi connectivity index (χ2n) is 5.77. The number of hydrogen-bond acceptors (Lipinski definition) is 3. The van der Waals surface area contributed by atoms with Crippen LogP contribution in [0.4, 0.5) is 0 Å². The molecule has 132 valence electrons. The first-order valence-corrected chi connectivity index (χ1v) is 8.31. The molecule has 0 aliphatic carbocycles. The minimum Gasteiger partial charge on any atom is -0.357 e. The third-order valence-corrected chi connectivity index (χ3v) is 4.01. The Kier molecular flexibility index (Phi) is 5.43. The lowest BCUT2D eigenvalue weighted by molar-refractivity contribution is -0.129. The van der Waals surface area contributed by atoms with Gasteiger partial charge in [0, 0.05) is 25.0 Å². The van der Waals surface area contributed by atoms with Crippen molar-refractivity contribution in [2.45, 2.75) is 12.6 Å². The van der Waals surface area contributed by atoms with Gasteiger partial charge in [0.05, 0.1) is 0 Å². The van der Waals surface area contributed by atoms with Crippen molar-refractivity contribution in [3.63, 3.8) is 0 Å². The van der Waals surface area contributed by atoms with Gasteiger partial charge >= 0.3 is 0 Å². The molecule has 1 atom stereocenters. The minimum absolute atomic E-state index is 0.0740. The quantitative estimate of drug-likeness (QED) is 0.717. The average Bonchev–Trinajstić information content (AvgIpc) is 3.15. The molecule has 3 rings (SSSR count). The summed E-state index contributed by atoms with van der Waals surface area (Å²) in [5.74, 6) is 0.174. The average molecular weight is 348 g/mol. The SMILES string of the molecule is CNC(=O)C(NC(=O)Cn1ccnc1-c1ccccc1)c1ccccc1. The van der Waals surface area contributed by atoms with Gasteiger partial charge in [-0.1, -0.05) is 60.7 Å². The second-order valence-corrected chi connectivity index (χ2v) is 5.77. The van der Waals surface area contributed by atoms with Gasteiger partial charge in [0.25, 0.3) is 0 Å². The van der Waals surface area contributed by atoms with E-state index in [0.29, 0.717) is 5.82 Å². The van der Waals surface area contributed by atoms with Crippen LogP contribution >= 0.6 is 0 Å². The summed E-state index contributed by atoms with van der Waals surface area (Å²) in [5.41, 5.74) is 1.66. The van der Waals surface area contributed by atoms with E-state index in [2.05, 4.69) is 15.6 Å². The van der Waals surface area contributed by atoms with Crippen LogP contribution in [-0.2, 0) is 16.1 Å². The first-order chi connectivity index (χ1) is 12.7. The molecule has 2 aromatic carbocycles. The largest absolute Gasteiger partial charge is 0.357 e. The Morgan fingerprint density at radius 1 is 1.04 bits per heavy atom. The molecule has 0 saturated carbocycles. The summed E-state index contributed by atoms with van der Waals surface area (Å²) < 4.78 is 1.76. The van der Waals surface area contributed by atoms with Crippen molar-refractivity contribution in [1.29, 1.82) is 0 Å². The molecule has 0 saturated heterocycles. The highest BCUT2D eigenvalue weighted by atomic mass is 16.2. The molecule has 0 aliphatic heterocycles. The number of carbonyl (C=O) groups is 2. The lowest BCUT2D eigenvalue weighted by atomic mass is 10.1. The molecule has 2 amide bonds. The number of likely N-dealkylation sites (N-methyl/N-ethyl adjacent to an activating group) is 1. The molecule has 1 unspecified atom stereocenters. The molecule has 1 heterocycles. The van der Waals surface area contributed by atoms with Gasteiger partial charge in [0.1, 0.15) is 18.4 Å². The molecule has 0 radical (unpaired) electrons. The van der Waals surface area contributed by atoms with Crippen molar-refractivity contribution in [2.75, 3.05) is 7.05 Å². The maximum Gasteiger partial charge on any atom is 0.246 e. The van der Waals surface area contributed by atoms with Crippen LogP contribution in [0, 0.1) is 0 Å². The summed E-state index contributed by atoms with van der Waals surface area (Å²) in [6.07, 6.45) is 3.41. The summed E-state index contributed by atoms with van der Waals surface area (Å²) in [4.78, 5) is 29.1. The van der Waals surface area contributed by atoms with Crippen molar-refractivity contribution < 1.29 is 9.59 Å². The number of nitrogens with one attached hydrogen (secondary N) is 2. The summed E-state index contributed by atoms with van der Waals surface area (Å²) >= 11 is 0. The first-order valence-electron chi connectivity index (χ1n) is 8.31. The van der Waals surface area contributed by atoms with E-state index in [-0.39, 0.29) is 18.4 Å². The monoisotopic (exact) mass is 348 g/mol. The maximum atomic E-state index is 12.6. The van der Waals surface area contributed by atoms with Crippen LogP contribution in [0.3, 0.4) is 0 Å². The zero-order valence-electron chi connectivity index (χ0n) is 14.4. The highest BCUT2D eigenvalue weighted by molar-refractivity contribution is 5.88. The third kappa shape index (κ3) is 3.97. The van der Waals surface area contributed by atoms with Crippen LogP contribution in [0.15, 0.2) is 73.1 Å². The fraction of sp³-hybridized carbons (Fsp3) is 0.150. The van der Waals surface area contributed by atoms with Gasteiger partial charge in [0.15, 0.2) is 0 Å². The van der Waals surface area contributed by atoms with Crippen LogP contribution in [0.5, 0.6) is 0 Å². The van der Waals surface area contributed by atoms with Crippen LogP contribution in [0.2, 0.25) is 0 Å². The molecule has 0 aliphatic rings. The third-order valence-electron chi connectivity index (χ3n) is 4.01.